The van der Waals surface area contributed by atoms with Gasteiger partial charge in [-0.3, -0.25) is 9.69 Å². The lowest BCUT2D eigenvalue weighted by molar-refractivity contribution is -0.126. The zero-order valence-corrected chi connectivity index (χ0v) is 18.7. The fourth-order valence-corrected chi connectivity index (χ4v) is 4.95. The van der Waals surface area contributed by atoms with Gasteiger partial charge < -0.3 is 10.1 Å². The topological polar surface area (TPSA) is 88.6 Å². The third kappa shape index (κ3) is 5.94. The summed E-state index contributed by atoms with van der Waals surface area (Å²) in [5.41, 5.74) is 1.42. The molecule has 4 rings (SSSR count). The van der Waals surface area contributed by atoms with Gasteiger partial charge in [0.05, 0.1) is 11.5 Å². The van der Waals surface area contributed by atoms with Gasteiger partial charge in [-0.15, -0.1) is 0 Å². The first kappa shape index (κ1) is 22.9. The maximum absolute atomic E-state index is 13.5. The van der Waals surface area contributed by atoms with Gasteiger partial charge in [-0.25, -0.2) is 17.8 Å². The highest BCUT2D eigenvalue weighted by Gasteiger charge is 2.32. The van der Waals surface area contributed by atoms with Crippen LogP contribution in [0.2, 0.25) is 0 Å². The van der Waals surface area contributed by atoms with E-state index in [1.807, 2.05) is 35.2 Å². The molecule has 2 aromatic carbocycles. The van der Waals surface area contributed by atoms with E-state index in [0.29, 0.717) is 11.3 Å². The van der Waals surface area contributed by atoms with Gasteiger partial charge >= 0.3 is 0 Å². The number of pyridine rings is 1. The summed E-state index contributed by atoms with van der Waals surface area (Å²) in [6, 6.07) is 17.9. The molecule has 0 saturated carbocycles. The average Bonchev–Trinajstić information content (AvgIpc) is 2.80. The van der Waals surface area contributed by atoms with Gasteiger partial charge in [-0.1, -0.05) is 42.5 Å². The summed E-state index contributed by atoms with van der Waals surface area (Å²) in [6.45, 7) is 0.721. The van der Waals surface area contributed by atoms with Crippen molar-refractivity contribution in [1.29, 1.82) is 0 Å². The lowest BCUT2D eigenvalue weighted by Crippen LogP contribution is -2.47. The number of hydrogen-bond donors (Lipinski definition) is 1. The summed E-state index contributed by atoms with van der Waals surface area (Å²) in [6.07, 6.45) is 1.56. The third-order valence-electron chi connectivity index (χ3n) is 5.42. The quantitative estimate of drug-likeness (QED) is 0.572. The second-order valence-corrected chi connectivity index (χ2v) is 10.0. The number of rotatable bonds is 7. The molecule has 2 heterocycles. The molecule has 1 fully saturated rings. The molecule has 0 bridgehead atoms. The maximum atomic E-state index is 13.5. The van der Waals surface area contributed by atoms with Gasteiger partial charge in [-0.2, -0.15) is 0 Å². The average molecular weight is 470 g/mol. The standard InChI is InChI=1S/C24H24FN3O4S/c25-20-9-4-10-21(16-20)32-24-19(8-5-11-26-24)17-27-23(29)22(18-6-2-1-3-7-18)28-12-14-33(30,31)15-13-28/h1-11,16,22H,12-15,17H2,(H,27,29). The van der Waals surface area contributed by atoms with Gasteiger partial charge in [0.1, 0.15) is 17.6 Å². The summed E-state index contributed by atoms with van der Waals surface area (Å²) in [5.74, 6) is -0.0503. The molecule has 1 amide bonds. The van der Waals surface area contributed by atoms with E-state index in [4.69, 9.17) is 4.74 Å². The molecule has 7 nitrogen and oxygen atoms in total. The van der Waals surface area contributed by atoms with Crippen molar-refractivity contribution in [2.45, 2.75) is 12.6 Å². The Kier molecular flexibility index (Phi) is 7.00. The number of nitrogens with one attached hydrogen (secondary N) is 1. The number of aromatic nitrogens is 1. The van der Waals surface area contributed by atoms with Gasteiger partial charge in [0.15, 0.2) is 9.84 Å². The number of carbonyl (C=O) groups excluding carboxylic acids is 1. The van der Waals surface area contributed by atoms with Crippen molar-refractivity contribution in [3.8, 4) is 11.6 Å². The minimum absolute atomic E-state index is 0.0256. The van der Waals surface area contributed by atoms with E-state index in [2.05, 4.69) is 10.3 Å². The van der Waals surface area contributed by atoms with Crippen LogP contribution in [-0.2, 0) is 21.2 Å². The summed E-state index contributed by atoms with van der Waals surface area (Å²) < 4.78 is 43.0. The molecule has 1 atom stereocenters. The molecule has 9 heteroatoms. The van der Waals surface area contributed by atoms with Crippen LogP contribution in [-0.4, -0.2) is 48.8 Å². The number of carbonyl (C=O) groups is 1. The molecule has 3 aromatic rings. The monoisotopic (exact) mass is 469 g/mol. The van der Waals surface area contributed by atoms with E-state index in [0.717, 1.165) is 5.56 Å². The minimum Gasteiger partial charge on any atom is -0.439 e. The maximum Gasteiger partial charge on any atom is 0.242 e. The summed E-state index contributed by atoms with van der Waals surface area (Å²) in [4.78, 5) is 19.4. The molecule has 33 heavy (non-hydrogen) atoms. The largest absolute Gasteiger partial charge is 0.439 e. The number of benzene rings is 2. The van der Waals surface area contributed by atoms with Crippen molar-refractivity contribution in [1.82, 2.24) is 15.2 Å². The molecule has 0 spiro atoms. The first-order valence-corrected chi connectivity index (χ1v) is 12.4. The van der Waals surface area contributed by atoms with Crippen molar-refractivity contribution in [2.24, 2.45) is 0 Å². The van der Waals surface area contributed by atoms with Crippen LogP contribution in [0.25, 0.3) is 0 Å². The predicted octanol–water partition coefficient (Wildman–Crippen LogP) is 3.10. The van der Waals surface area contributed by atoms with Crippen molar-refractivity contribution in [3.05, 3.63) is 89.9 Å². The first-order chi connectivity index (χ1) is 15.9. The lowest BCUT2D eigenvalue weighted by Gasteiger charge is -2.33. The smallest absolute Gasteiger partial charge is 0.242 e. The van der Waals surface area contributed by atoms with Gasteiger partial charge in [0, 0.05) is 37.5 Å². The first-order valence-electron chi connectivity index (χ1n) is 10.6. The second-order valence-electron chi connectivity index (χ2n) is 7.75. The molecular weight excluding hydrogens is 445 g/mol. The van der Waals surface area contributed by atoms with E-state index < -0.39 is 21.7 Å². The molecule has 172 valence electrons. The van der Waals surface area contributed by atoms with Crippen LogP contribution >= 0.6 is 0 Å². The Hall–Kier alpha value is -3.30. The third-order valence-corrected chi connectivity index (χ3v) is 7.03. The molecule has 1 N–H and O–H groups in total. The van der Waals surface area contributed by atoms with Gasteiger partial charge in [-0.05, 0) is 23.8 Å². The highest BCUT2D eigenvalue weighted by atomic mass is 32.2. The van der Waals surface area contributed by atoms with Crippen LogP contribution in [0.3, 0.4) is 0 Å². The Bertz CT molecular complexity index is 1210. The number of amides is 1. The number of halogens is 1. The van der Waals surface area contributed by atoms with Gasteiger partial charge in [0.25, 0.3) is 0 Å². The van der Waals surface area contributed by atoms with E-state index in [-0.39, 0.29) is 42.9 Å². The molecular formula is C24H24FN3O4S. The zero-order chi connectivity index (χ0) is 23.3. The van der Waals surface area contributed by atoms with Crippen molar-refractivity contribution in [3.63, 3.8) is 0 Å². The Morgan fingerprint density at radius 1 is 1.06 bits per heavy atom. The number of ether oxygens (including phenoxy) is 1. The van der Waals surface area contributed by atoms with Crippen molar-refractivity contribution < 1.29 is 22.3 Å². The lowest BCUT2D eigenvalue weighted by atomic mass is 10.0. The number of hydrogen-bond acceptors (Lipinski definition) is 6. The zero-order valence-electron chi connectivity index (χ0n) is 17.9. The summed E-state index contributed by atoms with van der Waals surface area (Å²) in [7, 11) is -3.08. The van der Waals surface area contributed by atoms with Crippen LogP contribution in [0.15, 0.2) is 72.9 Å². The van der Waals surface area contributed by atoms with E-state index in [1.54, 1.807) is 30.5 Å². The van der Waals surface area contributed by atoms with Crippen LogP contribution in [0, 0.1) is 5.82 Å². The van der Waals surface area contributed by atoms with Crippen LogP contribution in [0.5, 0.6) is 11.6 Å². The molecule has 1 aliphatic rings. The van der Waals surface area contributed by atoms with Crippen molar-refractivity contribution in [2.75, 3.05) is 24.6 Å². The second kappa shape index (κ2) is 10.1. The molecule has 1 unspecified atom stereocenters. The highest BCUT2D eigenvalue weighted by Crippen LogP contribution is 2.25. The Morgan fingerprint density at radius 2 is 1.82 bits per heavy atom. The molecule has 0 radical (unpaired) electrons. The van der Waals surface area contributed by atoms with E-state index >= 15 is 0 Å². The van der Waals surface area contributed by atoms with Gasteiger partial charge in [0.2, 0.25) is 11.8 Å². The minimum atomic E-state index is -3.08. The fraction of sp³-hybridized carbons (Fsp3) is 0.250. The molecule has 0 aliphatic carbocycles. The predicted molar refractivity (Wildman–Crippen MR) is 122 cm³/mol. The molecule has 1 saturated heterocycles. The SMILES string of the molecule is O=C(NCc1cccnc1Oc1cccc(F)c1)C(c1ccccc1)N1CCS(=O)(=O)CC1. The van der Waals surface area contributed by atoms with Crippen molar-refractivity contribution >= 4 is 15.7 Å². The number of sulfone groups is 1. The van der Waals surface area contributed by atoms with E-state index in [9.17, 15) is 17.6 Å². The Morgan fingerprint density at radius 3 is 2.55 bits per heavy atom. The summed E-state index contributed by atoms with van der Waals surface area (Å²) in [5, 5.41) is 2.93. The highest BCUT2D eigenvalue weighted by molar-refractivity contribution is 7.91. The van der Waals surface area contributed by atoms with Crippen LogP contribution in [0.1, 0.15) is 17.2 Å². The normalized spacial score (nSPS) is 16.6. The molecule has 1 aliphatic heterocycles. The fourth-order valence-electron chi connectivity index (χ4n) is 3.72. The van der Waals surface area contributed by atoms with Crippen LogP contribution in [0.4, 0.5) is 4.39 Å². The Labute approximate surface area is 192 Å². The number of nitrogens with zero attached hydrogens (tertiary/aromatic N) is 2. The molecule has 1 aromatic heterocycles. The Balaban J connectivity index is 1.50. The summed E-state index contributed by atoms with van der Waals surface area (Å²) >= 11 is 0. The van der Waals surface area contributed by atoms with E-state index in [1.165, 1.54) is 12.1 Å². The van der Waals surface area contributed by atoms with Crippen LogP contribution < -0.4 is 10.1 Å².